The highest BCUT2D eigenvalue weighted by molar-refractivity contribution is 6.17. The fraction of sp³-hybridized carbons (Fsp3) is 0.500. The molecule has 0 atom stereocenters. The topological polar surface area (TPSA) is 101 Å². The molecule has 8 heteroatoms. The van der Waals surface area contributed by atoms with Gasteiger partial charge in [-0.1, -0.05) is 15.4 Å². The summed E-state index contributed by atoms with van der Waals surface area (Å²) in [6, 6.07) is 0. The van der Waals surface area contributed by atoms with E-state index in [-0.39, 0.29) is 0 Å². The third-order valence-electron chi connectivity index (χ3n) is 2.79. The molecule has 0 aliphatic carbocycles. The Hall–Kier alpha value is -1.98. The molecule has 2 rings (SSSR count). The van der Waals surface area contributed by atoms with Crippen molar-refractivity contribution in [2.45, 2.75) is 40.1 Å². The molecule has 0 unspecified atom stereocenters. The number of hydrogen-bond acceptors (Lipinski definition) is 5. The van der Waals surface area contributed by atoms with Crippen molar-refractivity contribution in [1.82, 2.24) is 10.3 Å². The molecule has 7 nitrogen and oxygen atoms in total. The molecule has 0 amide bonds. The highest BCUT2D eigenvalue weighted by Crippen LogP contribution is 2.14. The summed E-state index contributed by atoms with van der Waals surface area (Å²) >= 11 is 5.58. The monoisotopic (exact) mass is 297 g/mol. The van der Waals surface area contributed by atoms with E-state index in [1.807, 2.05) is 20.8 Å². The highest BCUT2D eigenvalue weighted by Gasteiger charge is 2.06. The van der Waals surface area contributed by atoms with E-state index in [1.165, 1.54) is 0 Å². The molecule has 0 fully saturated rings. The fourth-order valence-electron chi connectivity index (χ4n) is 1.52. The molecule has 2 aromatic rings. The number of azide groups is 1. The summed E-state index contributed by atoms with van der Waals surface area (Å²) in [5.74, 6) is 2.03. The van der Waals surface area contributed by atoms with Crippen molar-refractivity contribution in [2.24, 2.45) is 5.11 Å². The molecule has 108 valence electrons. The van der Waals surface area contributed by atoms with E-state index in [0.29, 0.717) is 12.4 Å². The smallest absolute Gasteiger partial charge is 0.138 e. The summed E-state index contributed by atoms with van der Waals surface area (Å²) in [5.41, 5.74) is 11.6. The van der Waals surface area contributed by atoms with Gasteiger partial charge in [-0.3, -0.25) is 0 Å². The molecule has 0 aliphatic heterocycles. The third-order valence-corrected chi connectivity index (χ3v) is 3.06. The zero-order valence-corrected chi connectivity index (χ0v) is 12.6. The van der Waals surface area contributed by atoms with Crippen LogP contribution in [0.4, 0.5) is 0 Å². The second-order valence-corrected chi connectivity index (χ2v) is 4.40. The van der Waals surface area contributed by atoms with Gasteiger partial charge in [-0.25, -0.2) is 0 Å². The van der Waals surface area contributed by atoms with E-state index >= 15 is 0 Å². The maximum Gasteiger partial charge on any atom is 0.138 e. The van der Waals surface area contributed by atoms with Crippen molar-refractivity contribution < 1.29 is 9.05 Å². The maximum absolute atomic E-state index is 8.05. The molecule has 0 saturated carbocycles. The quantitative estimate of drug-likeness (QED) is 0.368. The Labute approximate surface area is 121 Å². The summed E-state index contributed by atoms with van der Waals surface area (Å²) < 4.78 is 9.71. The molecule has 2 heterocycles. The fourth-order valence-corrected chi connectivity index (χ4v) is 1.90. The highest BCUT2D eigenvalue weighted by atomic mass is 35.5. The Balaban J connectivity index is 0.000000204. The number of rotatable bonds is 3. The first kappa shape index (κ1) is 16.1. The Morgan fingerprint density at radius 3 is 1.85 bits per heavy atom. The number of hydrogen-bond donors (Lipinski definition) is 0. The van der Waals surface area contributed by atoms with Crippen LogP contribution in [0.15, 0.2) is 14.2 Å². The van der Waals surface area contributed by atoms with Crippen LogP contribution in [0.5, 0.6) is 0 Å². The molecule has 0 aliphatic rings. The lowest BCUT2D eigenvalue weighted by atomic mass is 10.2. The maximum atomic E-state index is 8.05. The van der Waals surface area contributed by atoms with Gasteiger partial charge >= 0.3 is 0 Å². The van der Waals surface area contributed by atoms with Gasteiger partial charge in [-0.15, -0.1) is 11.6 Å². The Morgan fingerprint density at radius 1 is 1.05 bits per heavy atom. The second-order valence-electron chi connectivity index (χ2n) is 4.13. The summed E-state index contributed by atoms with van der Waals surface area (Å²) in [7, 11) is 0. The minimum absolute atomic E-state index is 0.317. The van der Waals surface area contributed by atoms with Gasteiger partial charge < -0.3 is 9.05 Å². The van der Waals surface area contributed by atoms with Gasteiger partial charge in [0.05, 0.1) is 23.8 Å². The number of aromatic nitrogens is 2. The normalized spacial score (nSPS) is 9.65. The van der Waals surface area contributed by atoms with E-state index in [4.69, 9.17) is 26.2 Å². The van der Waals surface area contributed by atoms with Gasteiger partial charge in [0, 0.05) is 16.0 Å². The van der Waals surface area contributed by atoms with Crippen molar-refractivity contribution in [3.63, 3.8) is 0 Å². The van der Waals surface area contributed by atoms with Crippen LogP contribution in [-0.2, 0) is 12.4 Å². The molecule has 0 bridgehead atoms. The van der Waals surface area contributed by atoms with E-state index in [2.05, 4.69) is 20.3 Å². The molecule has 2 aromatic heterocycles. The molecule has 0 radical (unpaired) electrons. The van der Waals surface area contributed by atoms with Crippen LogP contribution in [0.3, 0.4) is 0 Å². The third kappa shape index (κ3) is 4.01. The summed E-state index contributed by atoms with van der Waals surface area (Å²) in [6.45, 7) is 7.67. The lowest BCUT2D eigenvalue weighted by Crippen LogP contribution is -1.83. The summed E-state index contributed by atoms with van der Waals surface area (Å²) in [5, 5.41) is 10.9. The largest absolute Gasteiger partial charge is 0.361 e. The van der Waals surface area contributed by atoms with Crippen LogP contribution >= 0.6 is 11.6 Å². The summed E-state index contributed by atoms with van der Waals surface area (Å²) in [6.07, 6.45) is 0. The van der Waals surface area contributed by atoms with Crippen molar-refractivity contribution in [3.05, 3.63) is 44.5 Å². The van der Waals surface area contributed by atoms with Crippen molar-refractivity contribution in [1.29, 1.82) is 0 Å². The van der Waals surface area contributed by atoms with E-state index < -0.39 is 0 Å². The van der Waals surface area contributed by atoms with Gasteiger partial charge in [0.1, 0.15) is 11.5 Å². The zero-order chi connectivity index (χ0) is 15.1. The SMILES string of the molecule is Cc1noc(C)c1CCl.Cc1noc(C)c1CN=[N+]=[N-]. The first-order chi connectivity index (χ1) is 9.51. The van der Waals surface area contributed by atoms with Gasteiger partial charge in [0.15, 0.2) is 0 Å². The lowest BCUT2D eigenvalue weighted by molar-refractivity contribution is 0.392. The minimum atomic E-state index is 0.317. The molecular formula is C12H16ClN5O2. The van der Waals surface area contributed by atoms with Crippen LogP contribution in [0.25, 0.3) is 10.4 Å². The molecule has 0 N–H and O–H groups in total. The molecule has 0 saturated heterocycles. The predicted molar refractivity (Wildman–Crippen MR) is 74.4 cm³/mol. The number of alkyl halides is 1. The van der Waals surface area contributed by atoms with E-state index in [0.717, 1.165) is 34.0 Å². The van der Waals surface area contributed by atoms with E-state index in [9.17, 15) is 0 Å². The molecular weight excluding hydrogens is 282 g/mol. The summed E-state index contributed by atoms with van der Waals surface area (Å²) in [4.78, 5) is 2.65. The van der Waals surface area contributed by atoms with Crippen LogP contribution in [0.1, 0.15) is 34.0 Å². The van der Waals surface area contributed by atoms with Crippen LogP contribution in [0, 0.1) is 27.7 Å². The number of halogens is 1. The first-order valence-corrected chi connectivity index (χ1v) is 6.45. The average molecular weight is 298 g/mol. The first-order valence-electron chi connectivity index (χ1n) is 5.91. The zero-order valence-electron chi connectivity index (χ0n) is 11.8. The van der Waals surface area contributed by atoms with Crippen LogP contribution in [0.2, 0.25) is 0 Å². The van der Waals surface area contributed by atoms with Crippen LogP contribution < -0.4 is 0 Å². The molecule has 20 heavy (non-hydrogen) atoms. The Kier molecular flexibility index (Phi) is 6.09. The van der Waals surface area contributed by atoms with Crippen molar-refractivity contribution in [2.75, 3.05) is 0 Å². The molecule has 0 aromatic carbocycles. The minimum Gasteiger partial charge on any atom is -0.361 e. The lowest BCUT2D eigenvalue weighted by Gasteiger charge is -1.88. The second kappa shape index (κ2) is 7.57. The predicted octanol–water partition coefficient (Wildman–Crippen LogP) is 4.13. The van der Waals surface area contributed by atoms with Gasteiger partial charge in [-0.2, -0.15) is 0 Å². The average Bonchev–Trinajstić information content (AvgIpc) is 2.92. The van der Waals surface area contributed by atoms with Crippen LogP contribution in [-0.4, -0.2) is 10.3 Å². The van der Waals surface area contributed by atoms with Crippen molar-refractivity contribution in [3.8, 4) is 0 Å². The number of aryl methyl sites for hydroxylation is 4. The number of nitrogens with zero attached hydrogens (tertiary/aromatic N) is 5. The Morgan fingerprint density at radius 2 is 1.55 bits per heavy atom. The Bertz CT molecular complexity index is 574. The van der Waals surface area contributed by atoms with Gasteiger partial charge in [0.25, 0.3) is 0 Å². The van der Waals surface area contributed by atoms with Gasteiger partial charge in [0.2, 0.25) is 0 Å². The van der Waals surface area contributed by atoms with Gasteiger partial charge in [-0.05, 0) is 33.2 Å². The standard InChI is InChI=1S/C6H8ClNO.C6H8N4O/c1-4-6(3-7)5(2)9-8-4;1-4-6(3-8-10-7)5(2)11-9-4/h3H2,1-2H3;3H2,1-2H3. The van der Waals surface area contributed by atoms with Crippen molar-refractivity contribution >= 4 is 11.6 Å². The van der Waals surface area contributed by atoms with E-state index in [1.54, 1.807) is 6.92 Å². The molecule has 0 spiro atoms.